The monoisotopic (exact) mass is 289 g/mol. The normalized spacial score (nSPS) is 17.1. The summed E-state index contributed by atoms with van der Waals surface area (Å²) in [4.78, 5) is 16.3. The third-order valence-electron chi connectivity index (χ3n) is 3.71. The molecule has 1 saturated carbocycles. The third-order valence-corrected chi connectivity index (χ3v) is 3.71. The first kappa shape index (κ1) is 15.8. The largest absolute Gasteiger partial charge is 0.382 e. The topological polar surface area (TPSA) is 54.0 Å². The van der Waals surface area contributed by atoms with Crippen LogP contribution >= 0.6 is 0 Å². The highest BCUT2D eigenvalue weighted by atomic mass is 16.2. The van der Waals surface area contributed by atoms with E-state index in [1.807, 2.05) is 32.9 Å². The molecule has 0 radical (unpaired) electrons. The first-order chi connectivity index (χ1) is 9.94. The minimum Gasteiger partial charge on any atom is -0.382 e. The quantitative estimate of drug-likeness (QED) is 0.833. The molecule has 1 aliphatic rings. The highest BCUT2D eigenvalue weighted by Crippen LogP contribution is 2.21. The molecule has 1 heterocycles. The molecular weight excluding hydrogens is 262 g/mol. The summed E-state index contributed by atoms with van der Waals surface area (Å²) >= 11 is 0. The highest BCUT2D eigenvalue weighted by Gasteiger charge is 2.17. The minimum atomic E-state index is -0.247. The van der Waals surface area contributed by atoms with Crippen LogP contribution in [0.4, 0.5) is 5.69 Å². The number of carbonyl (C=O) groups excluding carboxylic acids is 1. The molecule has 0 unspecified atom stereocenters. The molecule has 0 bridgehead atoms. The summed E-state index contributed by atoms with van der Waals surface area (Å²) in [5, 5.41) is 6.51. The summed E-state index contributed by atoms with van der Waals surface area (Å²) in [6.45, 7) is 5.91. The van der Waals surface area contributed by atoms with Crippen LogP contribution in [0.2, 0.25) is 0 Å². The molecule has 4 nitrogen and oxygen atoms in total. The smallest absolute Gasteiger partial charge is 0.270 e. The molecule has 21 heavy (non-hydrogen) atoms. The van der Waals surface area contributed by atoms with Crippen molar-refractivity contribution in [3.63, 3.8) is 0 Å². The summed E-state index contributed by atoms with van der Waals surface area (Å²) in [5.41, 5.74) is 1.23. The van der Waals surface area contributed by atoms with Gasteiger partial charge in [-0.15, -0.1) is 0 Å². The van der Waals surface area contributed by atoms with Gasteiger partial charge in [-0.25, -0.2) is 0 Å². The molecule has 2 N–H and O–H groups in total. The van der Waals surface area contributed by atoms with Gasteiger partial charge < -0.3 is 10.6 Å². The maximum absolute atomic E-state index is 12.2. The zero-order chi connectivity index (χ0) is 15.3. The fraction of sp³-hybridized carbons (Fsp3) is 0.647. The van der Waals surface area contributed by atoms with Gasteiger partial charge in [0.15, 0.2) is 0 Å². The lowest BCUT2D eigenvalue weighted by molar-refractivity contribution is 0.0914. The van der Waals surface area contributed by atoms with Crippen molar-refractivity contribution in [1.29, 1.82) is 0 Å². The van der Waals surface area contributed by atoms with Gasteiger partial charge in [0.1, 0.15) is 5.69 Å². The fourth-order valence-corrected chi connectivity index (χ4v) is 2.71. The van der Waals surface area contributed by atoms with Crippen molar-refractivity contribution in [3.8, 4) is 0 Å². The Kier molecular flexibility index (Phi) is 5.21. The second kappa shape index (κ2) is 6.92. The van der Waals surface area contributed by atoms with Gasteiger partial charge in [-0.05, 0) is 45.7 Å². The van der Waals surface area contributed by atoms with Crippen molar-refractivity contribution in [2.75, 3.05) is 5.32 Å². The first-order valence-electron chi connectivity index (χ1n) is 7.99. The molecule has 0 aliphatic heterocycles. The van der Waals surface area contributed by atoms with Crippen molar-refractivity contribution < 1.29 is 4.79 Å². The van der Waals surface area contributed by atoms with Crippen LogP contribution < -0.4 is 10.6 Å². The minimum absolute atomic E-state index is 0.119. The van der Waals surface area contributed by atoms with E-state index in [1.54, 1.807) is 6.20 Å². The molecule has 1 amide bonds. The van der Waals surface area contributed by atoms with Crippen molar-refractivity contribution in [3.05, 3.63) is 24.0 Å². The van der Waals surface area contributed by atoms with Crippen molar-refractivity contribution in [2.45, 2.75) is 70.9 Å². The van der Waals surface area contributed by atoms with Gasteiger partial charge >= 0.3 is 0 Å². The van der Waals surface area contributed by atoms with E-state index in [2.05, 4.69) is 15.6 Å². The zero-order valence-corrected chi connectivity index (χ0v) is 13.4. The number of amides is 1. The predicted octanol–water partition coefficient (Wildman–Crippen LogP) is 3.74. The maximum atomic E-state index is 12.2. The highest BCUT2D eigenvalue weighted by molar-refractivity contribution is 5.93. The zero-order valence-electron chi connectivity index (χ0n) is 13.4. The Morgan fingerprint density at radius 1 is 1.19 bits per heavy atom. The molecule has 1 aromatic rings. The number of hydrogen-bond acceptors (Lipinski definition) is 3. The molecule has 0 atom stereocenters. The number of pyridine rings is 1. The molecule has 0 saturated heterocycles. The summed E-state index contributed by atoms with van der Waals surface area (Å²) in [6.07, 6.45) is 9.40. The van der Waals surface area contributed by atoms with E-state index in [1.165, 1.54) is 38.5 Å². The molecule has 4 heteroatoms. The van der Waals surface area contributed by atoms with E-state index in [0.29, 0.717) is 11.7 Å². The van der Waals surface area contributed by atoms with Gasteiger partial charge in [0.25, 0.3) is 5.91 Å². The molecule has 116 valence electrons. The number of nitrogens with zero attached hydrogens (tertiary/aromatic N) is 1. The number of rotatable bonds is 3. The number of hydrogen-bond donors (Lipinski definition) is 2. The molecule has 1 aliphatic carbocycles. The van der Waals surface area contributed by atoms with Crippen LogP contribution in [0, 0.1) is 0 Å². The van der Waals surface area contributed by atoms with Crippen LogP contribution in [0.1, 0.15) is 69.8 Å². The van der Waals surface area contributed by atoms with Crippen molar-refractivity contribution >= 4 is 11.6 Å². The molecule has 1 aromatic heterocycles. The van der Waals surface area contributed by atoms with Gasteiger partial charge in [-0.1, -0.05) is 25.7 Å². The summed E-state index contributed by atoms with van der Waals surface area (Å²) in [7, 11) is 0. The number of aromatic nitrogens is 1. The second-order valence-electron chi connectivity index (χ2n) is 6.97. The Balaban J connectivity index is 2.01. The van der Waals surface area contributed by atoms with E-state index >= 15 is 0 Å². The molecule has 0 aromatic carbocycles. The lowest BCUT2D eigenvalue weighted by Crippen LogP contribution is -2.40. The van der Waals surface area contributed by atoms with Crippen molar-refractivity contribution in [2.24, 2.45) is 0 Å². The molecule has 0 spiro atoms. The molecule has 2 rings (SSSR count). The summed E-state index contributed by atoms with van der Waals surface area (Å²) in [6, 6.07) is 4.32. The van der Waals surface area contributed by atoms with Crippen molar-refractivity contribution in [1.82, 2.24) is 10.3 Å². The number of nitrogens with one attached hydrogen (secondary N) is 2. The van der Waals surface area contributed by atoms with E-state index in [9.17, 15) is 4.79 Å². The van der Waals surface area contributed by atoms with Gasteiger partial charge in [-0.3, -0.25) is 9.78 Å². The third kappa shape index (κ3) is 5.37. The van der Waals surface area contributed by atoms with E-state index in [4.69, 9.17) is 0 Å². The average molecular weight is 289 g/mol. The Bertz CT molecular complexity index is 471. The maximum Gasteiger partial charge on any atom is 0.270 e. The van der Waals surface area contributed by atoms with E-state index < -0.39 is 0 Å². The van der Waals surface area contributed by atoms with Crippen LogP contribution in [-0.4, -0.2) is 22.5 Å². The first-order valence-corrected chi connectivity index (χ1v) is 7.99. The fourth-order valence-electron chi connectivity index (χ4n) is 2.71. The van der Waals surface area contributed by atoms with Crippen LogP contribution in [0.25, 0.3) is 0 Å². The average Bonchev–Trinajstić information content (AvgIpc) is 2.66. The van der Waals surface area contributed by atoms with Gasteiger partial charge in [-0.2, -0.15) is 0 Å². The Labute approximate surface area is 127 Å². The second-order valence-corrected chi connectivity index (χ2v) is 6.97. The van der Waals surface area contributed by atoms with E-state index in [-0.39, 0.29) is 11.4 Å². The Morgan fingerprint density at radius 2 is 1.86 bits per heavy atom. The Hall–Kier alpha value is -1.58. The number of carbonyl (C=O) groups is 1. The number of anilines is 1. The molecular formula is C17H27N3O. The summed E-state index contributed by atoms with van der Waals surface area (Å²) < 4.78 is 0. The van der Waals surface area contributed by atoms with E-state index in [0.717, 1.165) is 5.69 Å². The predicted molar refractivity (Wildman–Crippen MR) is 86.6 cm³/mol. The molecule has 1 fully saturated rings. The SMILES string of the molecule is CC(C)(C)NC(=O)c1cc(NC2CCCCCC2)ccn1. The van der Waals surface area contributed by atoms with Gasteiger partial charge in [0.2, 0.25) is 0 Å². The van der Waals surface area contributed by atoms with Gasteiger partial charge in [0, 0.05) is 23.5 Å². The Morgan fingerprint density at radius 3 is 2.48 bits per heavy atom. The van der Waals surface area contributed by atoms with Crippen LogP contribution in [-0.2, 0) is 0 Å². The lowest BCUT2D eigenvalue weighted by Gasteiger charge is -2.21. The van der Waals surface area contributed by atoms with Crippen LogP contribution in [0.15, 0.2) is 18.3 Å². The lowest BCUT2D eigenvalue weighted by atomic mass is 10.1. The van der Waals surface area contributed by atoms with Gasteiger partial charge in [0.05, 0.1) is 0 Å². The van der Waals surface area contributed by atoms with Crippen LogP contribution in [0.5, 0.6) is 0 Å². The standard InChI is InChI=1S/C17H27N3O/c1-17(2,3)20-16(21)15-12-14(10-11-18-15)19-13-8-6-4-5-7-9-13/h10-13H,4-9H2,1-3H3,(H,18,19)(H,20,21). The summed E-state index contributed by atoms with van der Waals surface area (Å²) in [5.74, 6) is -0.119. The van der Waals surface area contributed by atoms with Crippen LogP contribution in [0.3, 0.4) is 0 Å².